The van der Waals surface area contributed by atoms with Crippen LogP contribution >= 0.6 is 11.3 Å². The molecule has 2 nitrogen and oxygen atoms in total. The summed E-state index contributed by atoms with van der Waals surface area (Å²) in [6.07, 6.45) is 4.82. The highest BCUT2D eigenvalue weighted by Crippen LogP contribution is 2.30. The maximum Gasteiger partial charge on any atom is 0.137 e. The van der Waals surface area contributed by atoms with Crippen LogP contribution in [0.15, 0.2) is 53.2 Å². The molecule has 0 spiro atoms. The summed E-state index contributed by atoms with van der Waals surface area (Å²) in [5.74, 6) is 0. The van der Waals surface area contributed by atoms with E-state index >= 15 is 0 Å². The molecule has 2 rings (SSSR count). The lowest BCUT2D eigenvalue weighted by atomic mass is 9.86. The van der Waals surface area contributed by atoms with Gasteiger partial charge in [-0.25, -0.2) is 0 Å². The van der Waals surface area contributed by atoms with Crippen LogP contribution in [0.25, 0.3) is 6.08 Å². The second-order valence-corrected chi connectivity index (χ2v) is 5.68. The van der Waals surface area contributed by atoms with Crippen LogP contribution in [-0.2, 0) is 5.54 Å². The Morgan fingerprint density at radius 3 is 2.55 bits per heavy atom. The van der Waals surface area contributed by atoms with Crippen molar-refractivity contribution in [3.05, 3.63) is 64.4 Å². The topological polar surface area (TPSA) is 27.0 Å². The predicted octanol–water partition coefficient (Wildman–Crippen LogP) is 4.13. The molecular formula is C17H18N2S. The fourth-order valence-corrected chi connectivity index (χ4v) is 2.85. The number of benzene rings is 1. The lowest BCUT2D eigenvalue weighted by Crippen LogP contribution is -2.39. The molecule has 2 aromatic rings. The van der Waals surface area contributed by atoms with E-state index in [1.54, 1.807) is 11.3 Å². The van der Waals surface area contributed by atoms with Crippen molar-refractivity contribution in [2.45, 2.75) is 12.0 Å². The highest BCUT2D eigenvalue weighted by atomic mass is 32.1. The summed E-state index contributed by atoms with van der Waals surface area (Å²) in [6, 6.07) is 14.5. The van der Waals surface area contributed by atoms with Gasteiger partial charge in [0.2, 0.25) is 0 Å². The summed E-state index contributed by atoms with van der Waals surface area (Å²) in [6.45, 7) is 0. The van der Waals surface area contributed by atoms with E-state index in [4.69, 9.17) is 0 Å². The molecule has 0 saturated carbocycles. The standard InChI is InChI=1S/C17H18N2S/c1-19(2)17(14-18,16-8-4-3-5-9-16)11-6-7-15-10-12-20-13-15/h3-10,12-13H,11H2,1-2H3. The third-order valence-corrected chi connectivity index (χ3v) is 4.17. The van der Waals surface area contributed by atoms with E-state index in [1.807, 2.05) is 49.3 Å². The molecule has 0 aliphatic heterocycles. The Hall–Kier alpha value is -1.89. The summed E-state index contributed by atoms with van der Waals surface area (Å²) in [7, 11) is 3.91. The van der Waals surface area contributed by atoms with Gasteiger partial charge in [0.1, 0.15) is 5.54 Å². The summed E-state index contributed by atoms with van der Waals surface area (Å²) in [5.41, 5.74) is 1.60. The van der Waals surface area contributed by atoms with Gasteiger partial charge in [0.15, 0.2) is 0 Å². The number of nitriles is 1. The fourth-order valence-electron chi connectivity index (χ4n) is 2.22. The SMILES string of the molecule is CN(C)C(C#N)(CC=Cc1ccsc1)c1ccccc1. The van der Waals surface area contributed by atoms with Crippen LogP contribution in [-0.4, -0.2) is 19.0 Å². The van der Waals surface area contributed by atoms with Gasteiger partial charge >= 0.3 is 0 Å². The van der Waals surface area contributed by atoms with Crippen molar-refractivity contribution >= 4 is 17.4 Å². The minimum absolute atomic E-state index is 0.617. The van der Waals surface area contributed by atoms with Crippen LogP contribution in [0.4, 0.5) is 0 Å². The van der Waals surface area contributed by atoms with Crippen molar-refractivity contribution in [2.75, 3.05) is 14.1 Å². The Balaban J connectivity index is 2.27. The molecule has 0 saturated heterocycles. The van der Waals surface area contributed by atoms with Gasteiger partial charge in [-0.1, -0.05) is 42.5 Å². The third-order valence-electron chi connectivity index (χ3n) is 3.47. The number of rotatable bonds is 5. The summed E-state index contributed by atoms with van der Waals surface area (Å²) in [5, 5.41) is 13.9. The van der Waals surface area contributed by atoms with Crippen LogP contribution in [0, 0.1) is 11.3 Å². The molecule has 1 atom stereocenters. The minimum Gasteiger partial charge on any atom is -0.288 e. The van der Waals surface area contributed by atoms with E-state index in [0.29, 0.717) is 6.42 Å². The highest BCUT2D eigenvalue weighted by molar-refractivity contribution is 7.08. The quantitative estimate of drug-likeness (QED) is 0.824. The normalized spacial score (nSPS) is 14.3. The zero-order valence-electron chi connectivity index (χ0n) is 11.8. The Morgan fingerprint density at radius 1 is 1.25 bits per heavy atom. The first-order chi connectivity index (χ1) is 9.69. The predicted molar refractivity (Wildman–Crippen MR) is 85.4 cm³/mol. The second kappa shape index (κ2) is 6.51. The molecular weight excluding hydrogens is 264 g/mol. The van der Waals surface area contributed by atoms with Crippen molar-refractivity contribution in [3.63, 3.8) is 0 Å². The Labute approximate surface area is 124 Å². The smallest absolute Gasteiger partial charge is 0.137 e. The lowest BCUT2D eigenvalue weighted by Gasteiger charge is -2.33. The average Bonchev–Trinajstić information content (AvgIpc) is 2.97. The van der Waals surface area contributed by atoms with Gasteiger partial charge < -0.3 is 0 Å². The fraction of sp³-hybridized carbons (Fsp3) is 0.235. The molecule has 1 unspecified atom stereocenters. The molecule has 0 N–H and O–H groups in total. The van der Waals surface area contributed by atoms with Gasteiger partial charge in [0.25, 0.3) is 0 Å². The molecule has 20 heavy (non-hydrogen) atoms. The molecule has 0 aliphatic carbocycles. The van der Waals surface area contributed by atoms with Gasteiger partial charge in [0.05, 0.1) is 6.07 Å². The first-order valence-electron chi connectivity index (χ1n) is 6.52. The Morgan fingerprint density at radius 2 is 2.00 bits per heavy atom. The monoisotopic (exact) mass is 282 g/mol. The second-order valence-electron chi connectivity index (χ2n) is 4.90. The first-order valence-corrected chi connectivity index (χ1v) is 7.46. The van der Waals surface area contributed by atoms with E-state index in [9.17, 15) is 5.26 Å². The number of hydrogen-bond acceptors (Lipinski definition) is 3. The number of hydrogen-bond donors (Lipinski definition) is 0. The van der Waals surface area contributed by atoms with Gasteiger partial charge in [-0.05, 0) is 42.0 Å². The lowest BCUT2D eigenvalue weighted by molar-refractivity contribution is 0.221. The molecule has 0 amide bonds. The average molecular weight is 282 g/mol. The van der Waals surface area contributed by atoms with Crippen molar-refractivity contribution < 1.29 is 0 Å². The maximum absolute atomic E-state index is 9.73. The van der Waals surface area contributed by atoms with Crippen LogP contribution < -0.4 is 0 Å². The summed E-state index contributed by atoms with van der Waals surface area (Å²) >= 11 is 1.68. The summed E-state index contributed by atoms with van der Waals surface area (Å²) in [4.78, 5) is 1.99. The van der Waals surface area contributed by atoms with E-state index in [-0.39, 0.29) is 0 Å². The van der Waals surface area contributed by atoms with Gasteiger partial charge in [-0.15, -0.1) is 0 Å². The molecule has 1 aromatic carbocycles. The molecule has 3 heteroatoms. The molecule has 0 fully saturated rings. The molecule has 0 bridgehead atoms. The van der Waals surface area contributed by atoms with E-state index in [1.165, 1.54) is 5.56 Å². The van der Waals surface area contributed by atoms with E-state index in [2.05, 4.69) is 35.0 Å². The van der Waals surface area contributed by atoms with Crippen molar-refractivity contribution in [3.8, 4) is 6.07 Å². The zero-order valence-corrected chi connectivity index (χ0v) is 12.6. The van der Waals surface area contributed by atoms with E-state index < -0.39 is 5.54 Å². The highest BCUT2D eigenvalue weighted by Gasteiger charge is 2.33. The number of thiophene rings is 1. The molecule has 102 valence electrons. The largest absolute Gasteiger partial charge is 0.288 e. The first kappa shape index (κ1) is 14.5. The van der Waals surface area contributed by atoms with Crippen molar-refractivity contribution in [1.29, 1.82) is 5.26 Å². The summed E-state index contributed by atoms with van der Waals surface area (Å²) < 4.78 is 0. The molecule has 0 radical (unpaired) electrons. The molecule has 0 aliphatic rings. The van der Waals surface area contributed by atoms with Crippen LogP contribution in [0.1, 0.15) is 17.5 Å². The van der Waals surface area contributed by atoms with Crippen molar-refractivity contribution in [2.24, 2.45) is 0 Å². The molecule has 1 aromatic heterocycles. The Bertz CT molecular complexity index is 594. The van der Waals surface area contributed by atoms with Crippen LogP contribution in [0.5, 0.6) is 0 Å². The number of nitrogens with zero attached hydrogens (tertiary/aromatic N) is 2. The van der Waals surface area contributed by atoms with Gasteiger partial charge in [0, 0.05) is 6.42 Å². The maximum atomic E-state index is 9.73. The van der Waals surface area contributed by atoms with Gasteiger partial charge in [-0.3, -0.25) is 4.90 Å². The minimum atomic E-state index is -0.617. The Kier molecular flexibility index (Phi) is 4.73. The van der Waals surface area contributed by atoms with E-state index in [0.717, 1.165) is 5.56 Å². The van der Waals surface area contributed by atoms with Crippen molar-refractivity contribution in [1.82, 2.24) is 4.90 Å². The van der Waals surface area contributed by atoms with Crippen LogP contribution in [0.3, 0.4) is 0 Å². The van der Waals surface area contributed by atoms with Crippen LogP contribution in [0.2, 0.25) is 0 Å². The zero-order chi connectivity index (χ0) is 14.4. The molecule has 1 heterocycles. The van der Waals surface area contributed by atoms with Gasteiger partial charge in [-0.2, -0.15) is 16.6 Å². The third kappa shape index (κ3) is 2.98.